The second kappa shape index (κ2) is 12.4. The zero-order valence-electron chi connectivity index (χ0n) is 18.4. The van der Waals surface area contributed by atoms with Crippen LogP contribution >= 0.6 is 0 Å². The Morgan fingerprint density at radius 2 is 1.23 bits per heavy atom. The van der Waals surface area contributed by atoms with Crippen LogP contribution in [0.25, 0.3) is 12.2 Å². The lowest BCUT2D eigenvalue weighted by atomic mass is 10.1. The maximum absolute atomic E-state index is 5.45. The van der Waals surface area contributed by atoms with Crippen LogP contribution in [0.5, 0.6) is 11.5 Å². The second-order valence-electron chi connectivity index (χ2n) is 7.33. The van der Waals surface area contributed by atoms with Gasteiger partial charge in [0.15, 0.2) is 11.5 Å². The summed E-state index contributed by atoms with van der Waals surface area (Å²) in [4.78, 5) is 2.44. The third kappa shape index (κ3) is 7.47. The molecule has 0 fully saturated rings. The van der Waals surface area contributed by atoms with Gasteiger partial charge >= 0.3 is 0 Å². The molecule has 0 spiro atoms. The minimum atomic E-state index is 0.764. The average molecular weight is 414 g/mol. The minimum absolute atomic E-state index is 0.764. The second-order valence-corrected chi connectivity index (χ2v) is 7.33. The Balaban J connectivity index is 1.64. The molecule has 3 aromatic carbocycles. The molecule has 0 aliphatic rings. The van der Waals surface area contributed by atoms with Crippen molar-refractivity contribution in [3.63, 3.8) is 0 Å². The van der Waals surface area contributed by atoms with E-state index in [-0.39, 0.29) is 0 Å². The van der Waals surface area contributed by atoms with Gasteiger partial charge in [-0.2, -0.15) is 0 Å². The van der Waals surface area contributed by atoms with Gasteiger partial charge in [0, 0.05) is 19.6 Å². The molecule has 3 nitrogen and oxygen atoms in total. The molecule has 0 saturated heterocycles. The third-order valence-electron chi connectivity index (χ3n) is 5.11. The minimum Gasteiger partial charge on any atom is -0.493 e. The Morgan fingerprint density at radius 3 is 1.74 bits per heavy atom. The smallest absolute Gasteiger partial charge is 0.160 e. The number of rotatable bonds is 11. The van der Waals surface area contributed by atoms with E-state index < -0.39 is 0 Å². The summed E-state index contributed by atoms with van der Waals surface area (Å²) < 4.78 is 10.8. The number of ether oxygens (including phenoxy) is 2. The van der Waals surface area contributed by atoms with Crippen molar-refractivity contribution in [3.8, 4) is 11.5 Å². The molecule has 0 aromatic heterocycles. The topological polar surface area (TPSA) is 21.7 Å². The van der Waals surface area contributed by atoms with Gasteiger partial charge in [-0.25, -0.2) is 0 Å². The van der Waals surface area contributed by atoms with Gasteiger partial charge in [0.2, 0.25) is 0 Å². The molecule has 0 aliphatic heterocycles. The zero-order valence-corrected chi connectivity index (χ0v) is 18.4. The molecule has 31 heavy (non-hydrogen) atoms. The Kier molecular flexibility index (Phi) is 8.96. The van der Waals surface area contributed by atoms with Crippen LogP contribution in [0.3, 0.4) is 0 Å². The quantitative estimate of drug-likeness (QED) is 0.386. The van der Waals surface area contributed by atoms with Crippen LogP contribution in [-0.4, -0.2) is 38.8 Å². The van der Waals surface area contributed by atoms with Crippen LogP contribution in [0.15, 0.2) is 91.0 Å². The zero-order chi connectivity index (χ0) is 21.7. The lowest BCUT2D eigenvalue weighted by molar-refractivity contribution is 0.338. The van der Waals surface area contributed by atoms with E-state index in [1.54, 1.807) is 14.2 Å². The first-order valence-electron chi connectivity index (χ1n) is 10.6. The third-order valence-corrected chi connectivity index (χ3v) is 5.11. The number of hydrogen-bond donors (Lipinski definition) is 0. The van der Waals surface area contributed by atoms with Crippen molar-refractivity contribution in [2.24, 2.45) is 0 Å². The standard InChI is InChI=1S/C28H31NO2/c1-30-27-18-17-26(23-28(27)31-2)19-22-29(20-9-15-24-11-5-3-6-12-24)21-10-16-25-13-7-4-8-14-25/h3-18,23H,19-22H2,1-2H3. The number of benzene rings is 3. The van der Waals surface area contributed by atoms with E-state index in [4.69, 9.17) is 9.47 Å². The first-order valence-corrected chi connectivity index (χ1v) is 10.6. The van der Waals surface area contributed by atoms with Crippen molar-refractivity contribution in [3.05, 3.63) is 108 Å². The Hall–Kier alpha value is -3.30. The molecule has 0 heterocycles. The van der Waals surface area contributed by atoms with Crippen molar-refractivity contribution in [2.45, 2.75) is 6.42 Å². The fraction of sp³-hybridized carbons (Fsp3) is 0.214. The predicted octanol–water partition coefficient (Wildman–Crippen LogP) is 5.98. The summed E-state index contributed by atoms with van der Waals surface area (Å²) in [6.45, 7) is 2.73. The average Bonchev–Trinajstić information content (AvgIpc) is 2.83. The van der Waals surface area contributed by atoms with Crippen molar-refractivity contribution in [1.82, 2.24) is 4.90 Å². The molecule has 0 atom stereocenters. The highest BCUT2D eigenvalue weighted by Gasteiger charge is 2.07. The lowest BCUT2D eigenvalue weighted by Gasteiger charge is -2.19. The van der Waals surface area contributed by atoms with Crippen LogP contribution in [-0.2, 0) is 6.42 Å². The monoisotopic (exact) mass is 413 g/mol. The summed E-state index contributed by atoms with van der Waals surface area (Å²) in [5, 5.41) is 0. The van der Waals surface area contributed by atoms with Crippen molar-refractivity contribution < 1.29 is 9.47 Å². The number of nitrogens with zero attached hydrogens (tertiary/aromatic N) is 1. The molecule has 0 saturated carbocycles. The molecular formula is C28H31NO2. The molecule has 0 N–H and O–H groups in total. The summed E-state index contributed by atoms with van der Waals surface area (Å²) >= 11 is 0. The number of hydrogen-bond acceptors (Lipinski definition) is 3. The Morgan fingerprint density at radius 1 is 0.677 bits per heavy atom. The van der Waals surface area contributed by atoms with Crippen LogP contribution in [0, 0.1) is 0 Å². The van der Waals surface area contributed by atoms with Gasteiger partial charge in [0.05, 0.1) is 14.2 Å². The highest BCUT2D eigenvalue weighted by molar-refractivity contribution is 5.50. The highest BCUT2D eigenvalue weighted by atomic mass is 16.5. The summed E-state index contributed by atoms with van der Waals surface area (Å²) in [7, 11) is 3.34. The van der Waals surface area contributed by atoms with Gasteiger partial charge in [-0.15, -0.1) is 0 Å². The first-order chi connectivity index (χ1) is 15.3. The SMILES string of the molecule is COc1ccc(CCN(CC=Cc2ccccc2)CC=Cc2ccccc2)cc1OC. The van der Waals surface area contributed by atoms with Gasteiger partial charge in [0.1, 0.15) is 0 Å². The molecule has 3 heteroatoms. The molecule has 160 valence electrons. The maximum Gasteiger partial charge on any atom is 0.160 e. The molecule has 0 aliphatic carbocycles. The van der Waals surface area contributed by atoms with E-state index in [9.17, 15) is 0 Å². The molecule has 0 amide bonds. The Labute approximate surface area is 186 Å². The summed E-state index contributed by atoms with van der Waals surface area (Å²) in [6.07, 6.45) is 9.79. The fourth-order valence-electron chi connectivity index (χ4n) is 3.38. The van der Waals surface area contributed by atoms with E-state index in [1.165, 1.54) is 16.7 Å². The van der Waals surface area contributed by atoms with Crippen LogP contribution in [0.4, 0.5) is 0 Å². The van der Waals surface area contributed by atoms with Crippen molar-refractivity contribution >= 4 is 12.2 Å². The molecule has 0 bridgehead atoms. The summed E-state index contributed by atoms with van der Waals surface area (Å²) in [6, 6.07) is 27.0. The van der Waals surface area contributed by atoms with Crippen molar-refractivity contribution in [2.75, 3.05) is 33.9 Å². The van der Waals surface area contributed by atoms with Gasteiger partial charge in [-0.3, -0.25) is 4.90 Å². The number of methoxy groups -OCH3 is 2. The van der Waals surface area contributed by atoms with E-state index in [1.807, 2.05) is 18.2 Å². The largest absolute Gasteiger partial charge is 0.493 e. The van der Waals surface area contributed by atoms with Crippen LogP contribution in [0.1, 0.15) is 16.7 Å². The van der Waals surface area contributed by atoms with E-state index in [0.717, 1.165) is 37.6 Å². The van der Waals surface area contributed by atoms with E-state index >= 15 is 0 Å². The van der Waals surface area contributed by atoms with Crippen molar-refractivity contribution in [1.29, 1.82) is 0 Å². The normalized spacial score (nSPS) is 11.5. The van der Waals surface area contributed by atoms with E-state index in [2.05, 4.69) is 89.9 Å². The van der Waals surface area contributed by atoms with Crippen LogP contribution < -0.4 is 9.47 Å². The molecular weight excluding hydrogens is 382 g/mol. The first kappa shape index (κ1) is 22.4. The fourth-order valence-corrected chi connectivity index (χ4v) is 3.38. The van der Waals surface area contributed by atoms with Gasteiger partial charge in [0.25, 0.3) is 0 Å². The molecule has 3 rings (SSSR count). The summed E-state index contributed by atoms with van der Waals surface area (Å²) in [5.74, 6) is 1.54. The molecule has 3 aromatic rings. The predicted molar refractivity (Wildman–Crippen MR) is 131 cm³/mol. The van der Waals surface area contributed by atoms with Crippen LogP contribution in [0.2, 0.25) is 0 Å². The highest BCUT2D eigenvalue weighted by Crippen LogP contribution is 2.27. The lowest BCUT2D eigenvalue weighted by Crippen LogP contribution is -2.26. The van der Waals surface area contributed by atoms with Gasteiger partial charge in [-0.05, 0) is 35.2 Å². The van der Waals surface area contributed by atoms with Gasteiger partial charge in [-0.1, -0.05) is 91.0 Å². The maximum atomic E-state index is 5.45. The Bertz CT molecular complexity index is 913. The van der Waals surface area contributed by atoms with E-state index in [0.29, 0.717) is 0 Å². The molecule has 0 radical (unpaired) electrons. The summed E-state index contributed by atoms with van der Waals surface area (Å²) in [5.41, 5.74) is 3.69. The molecule has 0 unspecified atom stereocenters. The van der Waals surface area contributed by atoms with Gasteiger partial charge < -0.3 is 9.47 Å².